The standard InChI is InChI=1S/C11H16O2S/c1-4-8-5-6-14-10(8)11(2,3)7-9(12)13/h5-6H,4,7H2,1-3H3,(H,12,13). The van der Waals surface area contributed by atoms with Crippen LogP contribution in [0.5, 0.6) is 0 Å². The summed E-state index contributed by atoms with van der Waals surface area (Å²) >= 11 is 1.66. The average molecular weight is 212 g/mol. The first kappa shape index (κ1) is 11.2. The third-order valence-electron chi connectivity index (χ3n) is 2.34. The summed E-state index contributed by atoms with van der Waals surface area (Å²) < 4.78 is 0. The third kappa shape index (κ3) is 2.35. The van der Waals surface area contributed by atoms with Crippen molar-refractivity contribution < 1.29 is 9.90 Å². The molecular formula is C11H16O2S. The first-order valence-electron chi connectivity index (χ1n) is 4.76. The number of carboxylic acid groups (broad SMARTS) is 1. The van der Waals surface area contributed by atoms with Crippen LogP contribution in [0.15, 0.2) is 11.4 Å². The second-order valence-corrected chi connectivity index (χ2v) is 5.00. The van der Waals surface area contributed by atoms with Crippen LogP contribution in [0.25, 0.3) is 0 Å². The Balaban J connectivity index is 2.96. The van der Waals surface area contributed by atoms with E-state index in [1.807, 2.05) is 19.2 Å². The minimum absolute atomic E-state index is 0.195. The minimum Gasteiger partial charge on any atom is -0.481 e. The molecule has 14 heavy (non-hydrogen) atoms. The van der Waals surface area contributed by atoms with E-state index in [9.17, 15) is 4.79 Å². The maximum atomic E-state index is 10.7. The van der Waals surface area contributed by atoms with Gasteiger partial charge in [-0.15, -0.1) is 11.3 Å². The van der Waals surface area contributed by atoms with Gasteiger partial charge >= 0.3 is 5.97 Å². The molecule has 1 aromatic heterocycles. The van der Waals surface area contributed by atoms with Gasteiger partial charge in [0.05, 0.1) is 6.42 Å². The zero-order chi connectivity index (χ0) is 10.8. The predicted molar refractivity (Wildman–Crippen MR) is 59.0 cm³/mol. The highest BCUT2D eigenvalue weighted by Crippen LogP contribution is 2.34. The van der Waals surface area contributed by atoms with Crippen molar-refractivity contribution in [2.45, 2.75) is 39.0 Å². The molecule has 0 aliphatic carbocycles. The van der Waals surface area contributed by atoms with E-state index in [2.05, 4.69) is 13.0 Å². The molecule has 1 N–H and O–H groups in total. The molecule has 0 aliphatic heterocycles. The Morgan fingerprint density at radius 3 is 2.71 bits per heavy atom. The summed E-state index contributed by atoms with van der Waals surface area (Å²) in [4.78, 5) is 11.9. The van der Waals surface area contributed by atoms with Crippen LogP contribution in [0.3, 0.4) is 0 Å². The van der Waals surface area contributed by atoms with E-state index in [0.29, 0.717) is 0 Å². The first-order valence-corrected chi connectivity index (χ1v) is 5.64. The van der Waals surface area contributed by atoms with Gasteiger partial charge in [-0.05, 0) is 23.4 Å². The van der Waals surface area contributed by atoms with Crippen molar-refractivity contribution in [1.29, 1.82) is 0 Å². The van der Waals surface area contributed by atoms with Gasteiger partial charge in [0.1, 0.15) is 0 Å². The van der Waals surface area contributed by atoms with Crippen molar-refractivity contribution in [2.75, 3.05) is 0 Å². The van der Waals surface area contributed by atoms with Gasteiger partial charge in [0.2, 0.25) is 0 Å². The number of carboxylic acids is 1. The fourth-order valence-electron chi connectivity index (χ4n) is 1.67. The molecule has 0 radical (unpaired) electrons. The molecule has 1 rings (SSSR count). The Labute approximate surface area is 88.6 Å². The van der Waals surface area contributed by atoms with Crippen molar-refractivity contribution >= 4 is 17.3 Å². The Hall–Kier alpha value is -0.830. The molecule has 0 spiro atoms. The van der Waals surface area contributed by atoms with Crippen molar-refractivity contribution in [3.63, 3.8) is 0 Å². The summed E-state index contributed by atoms with van der Waals surface area (Å²) in [7, 11) is 0. The van der Waals surface area contributed by atoms with E-state index >= 15 is 0 Å². The fraction of sp³-hybridized carbons (Fsp3) is 0.545. The van der Waals surface area contributed by atoms with Gasteiger partial charge < -0.3 is 5.11 Å². The molecule has 0 aliphatic rings. The Morgan fingerprint density at radius 2 is 2.21 bits per heavy atom. The summed E-state index contributed by atoms with van der Waals surface area (Å²) in [5.74, 6) is -0.731. The van der Waals surface area contributed by atoms with Gasteiger partial charge in [0, 0.05) is 10.3 Å². The quantitative estimate of drug-likeness (QED) is 0.832. The minimum atomic E-state index is -0.731. The van der Waals surface area contributed by atoms with Gasteiger partial charge in [-0.25, -0.2) is 0 Å². The van der Waals surface area contributed by atoms with E-state index in [1.165, 1.54) is 10.4 Å². The lowest BCUT2D eigenvalue weighted by molar-refractivity contribution is -0.138. The molecule has 1 aromatic rings. The molecule has 2 nitrogen and oxygen atoms in total. The maximum absolute atomic E-state index is 10.7. The summed E-state index contributed by atoms with van der Waals surface area (Å²) in [5.41, 5.74) is 1.03. The first-order chi connectivity index (χ1) is 6.47. The molecular weight excluding hydrogens is 196 g/mol. The molecule has 0 saturated carbocycles. The molecule has 0 saturated heterocycles. The highest BCUT2D eigenvalue weighted by molar-refractivity contribution is 7.10. The molecule has 0 fully saturated rings. The van der Waals surface area contributed by atoms with E-state index in [-0.39, 0.29) is 11.8 Å². The second kappa shape index (κ2) is 4.13. The SMILES string of the molecule is CCc1ccsc1C(C)(C)CC(=O)O. The van der Waals surface area contributed by atoms with Gasteiger partial charge in [0.25, 0.3) is 0 Å². The molecule has 3 heteroatoms. The van der Waals surface area contributed by atoms with Crippen molar-refractivity contribution in [2.24, 2.45) is 0 Å². The highest BCUT2D eigenvalue weighted by Gasteiger charge is 2.27. The monoisotopic (exact) mass is 212 g/mol. The van der Waals surface area contributed by atoms with E-state index in [4.69, 9.17) is 5.11 Å². The van der Waals surface area contributed by atoms with E-state index in [1.54, 1.807) is 11.3 Å². The van der Waals surface area contributed by atoms with Crippen molar-refractivity contribution in [3.05, 3.63) is 21.9 Å². The molecule has 0 aromatic carbocycles. The fourth-order valence-corrected chi connectivity index (χ4v) is 2.79. The lowest BCUT2D eigenvalue weighted by Gasteiger charge is -2.22. The third-order valence-corrected chi connectivity index (χ3v) is 3.66. The molecule has 78 valence electrons. The van der Waals surface area contributed by atoms with Crippen LogP contribution in [-0.2, 0) is 16.6 Å². The summed E-state index contributed by atoms with van der Waals surface area (Å²) in [6.07, 6.45) is 1.17. The summed E-state index contributed by atoms with van der Waals surface area (Å²) in [6, 6.07) is 2.09. The molecule has 0 atom stereocenters. The lowest BCUT2D eigenvalue weighted by atomic mass is 9.85. The van der Waals surface area contributed by atoms with Crippen LogP contribution in [0.2, 0.25) is 0 Å². The number of carbonyl (C=O) groups is 1. The van der Waals surface area contributed by atoms with Crippen LogP contribution < -0.4 is 0 Å². The van der Waals surface area contributed by atoms with Gasteiger partial charge in [-0.3, -0.25) is 4.79 Å². The largest absolute Gasteiger partial charge is 0.481 e. The van der Waals surface area contributed by atoms with E-state index < -0.39 is 5.97 Å². The van der Waals surface area contributed by atoms with Gasteiger partial charge in [-0.2, -0.15) is 0 Å². The Bertz CT molecular complexity index is 326. The zero-order valence-corrected chi connectivity index (χ0v) is 9.65. The zero-order valence-electron chi connectivity index (χ0n) is 8.83. The molecule has 0 bridgehead atoms. The smallest absolute Gasteiger partial charge is 0.304 e. The topological polar surface area (TPSA) is 37.3 Å². The highest BCUT2D eigenvalue weighted by atomic mass is 32.1. The second-order valence-electron chi connectivity index (χ2n) is 4.08. The van der Waals surface area contributed by atoms with Crippen molar-refractivity contribution in [3.8, 4) is 0 Å². The van der Waals surface area contributed by atoms with Gasteiger partial charge in [0.15, 0.2) is 0 Å². The Morgan fingerprint density at radius 1 is 1.57 bits per heavy atom. The lowest BCUT2D eigenvalue weighted by Crippen LogP contribution is -2.21. The average Bonchev–Trinajstić information content (AvgIpc) is 2.48. The van der Waals surface area contributed by atoms with Crippen LogP contribution in [-0.4, -0.2) is 11.1 Å². The number of thiophene rings is 1. The van der Waals surface area contributed by atoms with Crippen LogP contribution >= 0.6 is 11.3 Å². The summed E-state index contributed by atoms with van der Waals surface area (Å²) in [5, 5.41) is 10.9. The number of aliphatic carboxylic acids is 1. The van der Waals surface area contributed by atoms with Crippen LogP contribution in [0.4, 0.5) is 0 Å². The maximum Gasteiger partial charge on any atom is 0.304 e. The van der Waals surface area contributed by atoms with E-state index in [0.717, 1.165) is 6.42 Å². The van der Waals surface area contributed by atoms with Crippen LogP contribution in [0.1, 0.15) is 37.6 Å². The number of aryl methyl sites for hydroxylation is 1. The molecule has 0 amide bonds. The predicted octanol–water partition coefficient (Wildman–Crippen LogP) is 3.06. The number of hydrogen-bond donors (Lipinski definition) is 1. The van der Waals surface area contributed by atoms with Crippen molar-refractivity contribution in [1.82, 2.24) is 0 Å². The Kier molecular flexibility index (Phi) is 3.32. The summed E-state index contributed by atoms with van der Waals surface area (Å²) in [6.45, 7) is 6.08. The van der Waals surface area contributed by atoms with Gasteiger partial charge in [-0.1, -0.05) is 20.8 Å². The molecule has 0 unspecified atom stereocenters. The van der Waals surface area contributed by atoms with Crippen LogP contribution in [0, 0.1) is 0 Å². The molecule has 1 heterocycles. The number of hydrogen-bond acceptors (Lipinski definition) is 2. The number of rotatable bonds is 4. The normalized spacial score (nSPS) is 11.6.